The van der Waals surface area contributed by atoms with Crippen molar-refractivity contribution in [2.75, 3.05) is 0 Å². The minimum absolute atomic E-state index is 0.121. The van der Waals surface area contributed by atoms with Crippen molar-refractivity contribution < 1.29 is 9.94 Å². The van der Waals surface area contributed by atoms with Gasteiger partial charge in [0.05, 0.1) is 11.8 Å². The lowest BCUT2D eigenvalue weighted by Crippen LogP contribution is -2.12. The van der Waals surface area contributed by atoms with E-state index in [0.717, 1.165) is 28.5 Å². The summed E-state index contributed by atoms with van der Waals surface area (Å²) >= 11 is 0. The number of fused-ring (bicyclic) bond motifs is 1. The molecule has 0 heterocycles. The van der Waals surface area contributed by atoms with E-state index in [9.17, 15) is 0 Å². The minimum Gasteiger partial charge on any atom is -0.489 e. The molecule has 0 aliphatic carbocycles. The Balaban J connectivity index is 2.64. The van der Waals surface area contributed by atoms with E-state index in [2.05, 4.69) is 12.1 Å². The van der Waals surface area contributed by atoms with Gasteiger partial charge < -0.3 is 9.94 Å². The average Bonchev–Trinajstić information content (AvgIpc) is 2.46. The summed E-state index contributed by atoms with van der Waals surface area (Å²) in [6.07, 6.45) is 1.05. The summed E-state index contributed by atoms with van der Waals surface area (Å²) in [5.41, 5.74) is 1.39. The van der Waals surface area contributed by atoms with Crippen molar-refractivity contribution >= 4 is 16.5 Å². The van der Waals surface area contributed by atoms with Crippen molar-refractivity contribution in [2.24, 2.45) is 5.16 Å². The SMILES string of the molecule is CCC(C)Oc1c(/C(C)=N/O)ccc2ccccc12. The van der Waals surface area contributed by atoms with E-state index in [-0.39, 0.29) is 6.10 Å². The van der Waals surface area contributed by atoms with E-state index in [0.29, 0.717) is 5.71 Å². The smallest absolute Gasteiger partial charge is 0.136 e. The summed E-state index contributed by atoms with van der Waals surface area (Å²) in [6, 6.07) is 12.0. The third-order valence-electron chi connectivity index (χ3n) is 3.31. The second kappa shape index (κ2) is 5.74. The normalized spacial score (nSPS) is 13.5. The average molecular weight is 257 g/mol. The van der Waals surface area contributed by atoms with Gasteiger partial charge in [0.15, 0.2) is 0 Å². The lowest BCUT2D eigenvalue weighted by atomic mass is 10.0. The molecule has 3 nitrogen and oxygen atoms in total. The molecule has 2 aromatic carbocycles. The molecule has 0 spiro atoms. The van der Waals surface area contributed by atoms with E-state index in [1.807, 2.05) is 43.3 Å². The van der Waals surface area contributed by atoms with Gasteiger partial charge in [0.2, 0.25) is 0 Å². The van der Waals surface area contributed by atoms with Crippen molar-refractivity contribution in [3.8, 4) is 5.75 Å². The Bertz CT molecular complexity index is 605. The van der Waals surface area contributed by atoms with Crippen LogP contribution < -0.4 is 4.74 Å². The summed E-state index contributed by atoms with van der Waals surface area (Å²) in [5, 5.41) is 14.5. The molecule has 2 rings (SSSR count). The molecule has 0 bridgehead atoms. The van der Waals surface area contributed by atoms with Crippen molar-refractivity contribution in [3.63, 3.8) is 0 Å². The topological polar surface area (TPSA) is 41.8 Å². The second-order valence-electron chi connectivity index (χ2n) is 4.69. The Morgan fingerprint density at radius 3 is 2.68 bits per heavy atom. The number of benzene rings is 2. The predicted molar refractivity (Wildman–Crippen MR) is 78.3 cm³/mol. The molecular weight excluding hydrogens is 238 g/mol. The van der Waals surface area contributed by atoms with Crippen LogP contribution in [-0.2, 0) is 0 Å². The van der Waals surface area contributed by atoms with Gasteiger partial charge in [-0.25, -0.2) is 0 Å². The van der Waals surface area contributed by atoms with Gasteiger partial charge in [-0.3, -0.25) is 0 Å². The van der Waals surface area contributed by atoms with Gasteiger partial charge in [0.1, 0.15) is 5.75 Å². The van der Waals surface area contributed by atoms with Crippen LogP contribution in [0.25, 0.3) is 10.8 Å². The standard InChI is InChI=1S/C16H19NO2/c1-4-11(2)19-16-14(12(3)17-18)10-9-13-7-5-6-8-15(13)16/h5-11,18H,4H2,1-3H3/b17-12+. The highest BCUT2D eigenvalue weighted by Gasteiger charge is 2.13. The van der Waals surface area contributed by atoms with Crippen LogP contribution in [0.3, 0.4) is 0 Å². The van der Waals surface area contributed by atoms with Crippen LogP contribution in [0.15, 0.2) is 41.6 Å². The molecule has 2 aromatic rings. The first-order chi connectivity index (χ1) is 9.17. The Kier molecular flexibility index (Phi) is 4.05. The third-order valence-corrected chi connectivity index (χ3v) is 3.31. The molecular formula is C16H19NO2. The Hall–Kier alpha value is -2.03. The lowest BCUT2D eigenvalue weighted by molar-refractivity contribution is 0.219. The Morgan fingerprint density at radius 1 is 1.26 bits per heavy atom. The number of hydrogen-bond acceptors (Lipinski definition) is 3. The van der Waals surface area contributed by atoms with E-state index in [4.69, 9.17) is 9.94 Å². The van der Waals surface area contributed by atoms with E-state index >= 15 is 0 Å². The van der Waals surface area contributed by atoms with Crippen LogP contribution in [0.1, 0.15) is 32.8 Å². The third kappa shape index (κ3) is 2.70. The van der Waals surface area contributed by atoms with Gasteiger partial charge in [0, 0.05) is 10.9 Å². The molecule has 0 saturated carbocycles. The highest BCUT2D eigenvalue weighted by molar-refractivity contribution is 6.06. The predicted octanol–water partition coefficient (Wildman–Crippen LogP) is 4.22. The van der Waals surface area contributed by atoms with Gasteiger partial charge in [-0.15, -0.1) is 0 Å². The van der Waals surface area contributed by atoms with Crippen LogP contribution in [0, 0.1) is 0 Å². The molecule has 0 fully saturated rings. The first-order valence-corrected chi connectivity index (χ1v) is 6.54. The van der Waals surface area contributed by atoms with E-state index in [1.165, 1.54) is 0 Å². The zero-order valence-corrected chi connectivity index (χ0v) is 11.6. The maximum absolute atomic E-state index is 9.01. The van der Waals surface area contributed by atoms with Crippen LogP contribution in [0.5, 0.6) is 5.75 Å². The molecule has 0 radical (unpaired) electrons. The lowest BCUT2D eigenvalue weighted by Gasteiger charge is -2.18. The van der Waals surface area contributed by atoms with Crippen molar-refractivity contribution in [1.82, 2.24) is 0 Å². The van der Waals surface area contributed by atoms with Crippen molar-refractivity contribution in [3.05, 3.63) is 42.0 Å². The van der Waals surface area contributed by atoms with Crippen molar-refractivity contribution in [1.29, 1.82) is 0 Å². The zero-order chi connectivity index (χ0) is 13.8. The molecule has 0 aliphatic rings. The summed E-state index contributed by atoms with van der Waals surface area (Å²) in [5.74, 6) is 0.794. The fraction of sp³-hybridized carbons (Fsp3) is 0.312. The fourth-order valence-corrected chi connectivity index (χ4v) is 1.99. The Morgan fingerprint density at radius 2 is 2.00 bits per heavy atom. The number of nitrogens with zero attached hydrogens (tertiary/aromatic N) is 1. The number of ether oxygens (including phenoxy) is 1. The summed E-state index contributed by atoms with van der Waals surface area (Å²) in [7, 11) is 0. The van der Waals surface area contributed by atoms with Crippen molar-refractivity contribution in [2.45, 2.75) is 33.3 Å². The van der Waals surface area contributed by atoms with E-state index in [1.54, 1.807) is 6.92 Å². The van der Waals surface area contributed by atoms with Gasteiger partial charge >= 0.3 is 0 Å². The molecule has 19 heavy (non-hydrogen) atoms. The zero-order valence-electron chi connectivity index (χ0n) is 11.6. The van der Waals surface area contributed by atoms with Crippen LogP contribution in [0.4, 0.5) is 0 Å². The summed E-state index contributed by atoms with van der Waals surface area (Å²) in [6.45, 7) is 5.90. The molecule has 1 N–H and O–H groups in total. The second-order valence-corrected chi connectivity index (χ2v) is 4.69. The molecule has 0 saturated heterocycles. The molecule has 1 unspecified atom stereocenters. The minimum atomic E-state index is 0.121. The maximum Gasteiger partial charge on any atom is 0.136 e. The number of oxime groups is 1. The molecule has 0 amide bonds. The van der Waals surface area contributed by atoms with Gasteiger partial charge in [-0.2, -0.15) is 0 Å². The first-order valence-electron chi connectivity index (χ1n) is 6.54. The molecule has 1 atom stereocenters. The quantitative estimate of drug-likeness (QED) is 0.506. The maximum atomic E-state index is 9.01. The molecule has 3 heteroatoms. The van der Waals surface area contributed by atoms with Gasteiger partial charge in [0.25, 0.3) is 0 Å². The van der Waals surface area contributed by atoms with Crippen LogP contribution in [-0.4, -0.2) is 17.0 Å². The molecule has 0 aliphatic heterocycles. The highest BCUT2D eigenvalue weighted by atomic mass is 16.5. The van der Waals surface area contributed by atoms with Gasteiger partial charge in [-0.1, -0.05) is 42.4 Å². The van der Waals surface area contributed by atoms with Crippen LogP contribution >= 0.6 is 0 Å². The van der Waals surface area contributed by atoms with Crippen LogP contribution in [0.2, 0.25) is 0 Å². The summed E-state index contributed by atoms with van der Waals surface area (Å²) in [4.78, 5) is 0. The molecule has 100 valence electrons. The monoisotopic (exact) mass is 257 g/mol. The largest absolute Gasteiger partial charge is 0.489 e. The van der Waals surface area contributed by atoms with Gasteiger partial charge in [-0.05, 0) is 31.7 Å². The fourth-order valence-electron chi connectivity index (χ4n) is 1.99. The molecule has 0 aromatic heterocycles. The van der Waals surface area contributed by atoms with E-state index < -0.39 is 0 Å². The summed E-state index contributed by atoms with van der Waals surface area (Å²) < 4.78 is 6.04. The first kappa shape index (κ1) is 13.4. The number of hydrogen-bond donors (Lipinski definition) is 1. The Labute approximate surface area is 113 Å². The highest BCUT2D eigenvalue weighted by Crippen LogP contribution is 2.31. The number of rotatable bonds is 4.